The molecule has 0 aliphatic carbocycles. The van der Waals surface area contributed by atoms with Gasteiger partial charge in [-0.2, -0.15) is 0 Å². The predicted molar refractivity (Wildman–Crippen MR) is 52.1 cm³/mol. The SMILES string of the molecule is O=C/C=C/C1OC1c1ccc(Cl)s1. The van der Waals surface area contributed by atoms with Crippen LogP contribution < -0.4 is 0 Å². The van der Waals surface area contributed by atoms with Crippen molar-refractivity contribution in [3.63, 3.8) is 0 Å². The van der Waals surface area contributed by atoms with Gasteiger partial charge in [-0.05, 0) is 24.3 Å². The summed E-state index contributed by atoms with van der Waals surface area (Å²) in [4.78, 5) is 11.1. The molecule has 1 aromatic heterocycles. The number of halogens is 1. The van der Waals surface area contributed by atoms with Gasteiger partial charge in [-0.1, -0.05) is 11.6 Å². The van der Waals surface area contributed by atoms with Gasteiger partial charge in [0.25, 0.3) is 0 Å². The standard InChI is InChI=1S/C9H7ClO2S/c10-8-4-3-7(13-8)9-6(12-9)2-1-5-11/h1-6,9H/b2-1+. The fourth-order valence-corrected chi connectivity index (χ4v) is 2.27. The Kier molecular flexibility index (Phi) is 2.49. The molecule has 2 nitrogen and oxygen atoms in total. The minimum Gasteiger partial charge on any atom is -0.359 e. The molecule has 2 heterocycles. The van der Waals surface area contributed by atoms with Crippen LogP contribution in [-0.2, 0) is 9.53 Å². The lowest BCUT2D eigenvalue weighted by atomic mass is 10.2. The van der Waals surface area contributed by atoms with Gasteiger partial charge in [0.2, 0.25) is 0 Å². The molecule has 1 aliphatic heterocycles. The van der Waals surface area contributed by atoms with Crippen molar-refractivity contribution in [3.8, 4) is 0 Å². The van der Waals surface area contributed by atoms with Crippen molar-refractivity contribution in [2.24, 2.45) is 0 Å². The summed E-state index contributed by atoms with van der Waals surface area (Å²) >= 11 is 7.29. The van der Waals surface area contributed by atoms with Gasteiger partial charge in [-0.25, -0.2) is 0 Å². The normalized spacial score (nSPS) is 26.5. The van der Waals surface area contributed by atoms with Crippen molar-refractivity contribution < 1.29 is 9.53 Å². The average Bonchev–Trinajstić information content (AvgIpc) is 2.78. The van der Waals surface area contributed by atoms with Crippen molar-refractivity contribution in [2.75, 3.05) is 0 Å². The maximum absolute atomic E-state index is 10.0. The number of hydrogen-bond acceptors (Lipinski definition) is 3. The van der Waals surface area contributed by atoms with Gasteiger partial charge in [0.1, 0.15) is 18.5 Å². The van der Waals surface area contributed by atoms with Gasteiger partial charge in [-0.3, -0.25) is 4.79 Å². The van der Waals surface area contributed by atoms with Crippen molar-refractivity contribution in [1.82, 2.24) is 0 Å². The molecule has 2 atom stereocenters. The molecule has 0 radical (unpaired) electrons. The second-order valence-corrected chi connectivity index (χ2v) is 4.43. The van der Waals surface area contributed by atoms with E-state index in [9.17, 15) is 4.79 Å². The molecule has 0 spiro atoms. The average molecular weight is 215 g/mol. The summed E-state index contributed by atoms with van der Waals surface area (Å²) in [6, 6.07) is 3.80. The van der Waals surface area contributed by atoms with Crippen LogP contribution >= 0.6 is 22.9 Å². The fourth-order valence-electron chi connectivity index (χ4n) is 1.14. The van der Waals surface area contributed by atoms with Crippen molar-refractivity contribution in [3.05, 3.63) is 33.5 Å². The summed E-state index contributed by atoms with van der Waals surface area (Å²) in [6.07, 6.45) is 4.12. The molecule has 1 aliphatic rings. The van der Waals surface area contributed by atoms with Crippen molar-refractivity contribution >= 4 is 29.2 Å². The van der Waals surface area contributed by atoms with E-state index in [1.54, 1.807) is 6.08 Å². The van der Waals surface area contributed by atoms with E-state index >= 15 is 0 Å². The first-order chi connectivity index (χ1) is 6.31. The molecular formula is C9H7ClO2S. The molecule has 68 valence electrons. The van der Waals surface area contributed by atoms with Crippen LogP contribution in [0.25, 0.3) is 0 Å². The third kappa shape index (κ3) is 1.99. The molecule has 0 N–H and O–H groups in total. The Morgan fingerprint density at radius 3 is 3.00 bits per heavy atom. The largest absolute Gasteiger partial charge is 0.359 e. The number of aldehydes is 1. The van der Waals surface area contributed by atoms with E-state index in [-0.39, 0.29) is 12.2 Å². The van der Waals surface area contributed by atoms with Crippen LogP contribution in [0.2, 0.25) is 4.34 Å². The summed E-state index contributed by atoms with van der Waals surface area (Å²) in [5, 5.41) is 0. The number of carbonyl (C=O) groups is 1. The summed E-state index contributed by atoms with van der Waals surface area (Å²) in [5.41, 5.74) is 0. The second kappa shape index (κ2) is 3.62. The summed E-state index contributed by atoms with van der Waals surface area (Å²) in [6.45, 7) is 0. The van der Waals surface area contributed by atoms with Crippen LogP contribution in [0.1, 0.15) is 11.0 Å². The lowest BCUT2D eigenvalue weighted by Crippen LogP contribution is -1.79. The first-order valence-electron chi connectivity index (χ1n) is 3.84. The lowest BCUT2D eigenvalue weighted by Gasteiger charge is -1.82. The molecule has 1 saturated heterocycles. The smallest absolute Gasteiger partial charge is 0.142 e. The highest BCUT2D eigenvalue weighted by Crippen LogP contribution is 2.43. The third-order valence-electron chi connectivity index (χ3n) is 1.78. The number of rotatable bonds is 3. The Hall–Kier alpha value is -0.640. The second-order valence-electron chi connectivity index (χ2n) is 2.68. The van der Waals surface area contributed by atoms with Crippen LogP contribution in [-0.4, -0.2) is 12.4 Å². The Morgan fingerprint density at radius 1 is 1.54 bits per heavy atom. The quantitative estimate of drug-likeness (QED) is 0.440. The van der Waals surface area contributed by atoms with Gasteiger partial charge < -0.3 is 4.74 Å². The number of carbonyl (C=O) groups excluding carboxylic acids is 1. The lowest BCUT2D eigenvalue weighted by molar-refractivity contribution is -0.104. The minimum absolute atomic E-state index is 0.0555. The zero-order chi connectivity index (χ0) is 9.26. The molecule has 0 amide bonds. The first kappa shape index (κ1) is 8.94. The molecule has 1 fully saturated rings. The van der Waals surface area contributed by atoms with Gasteiger partial charge in [-0.15, -0.1) is 11.3 Å². The van der Waals surface area contributed by atoms with Gasteiger partial charge in [0.15, 0.2) is 0 Å². The maximum atomic E-state index is 10.0. The molecule has 0 bridgehead atoms. The zero-order valence-electron chi connectivity index (χ0n) is 6.64. The van der Waals surface area contributed by atoms with Crippen LogP contribution in [0, 0.1) is 0 Å². The number of hydrogen-bond donors (Lipinski definition) is 0. The minimum atomic E-state index is 0.0555. The summed E-state index contributed by atoms with van der Waals surface area (Å²) in [7, 11) is 0. The Bertz CT molecular complexity index is 345. The number of allylic oxidation sites excluding steroid dienone is 1. The van der Waals surface area contributed by atoms with Crippen molar-refractivity contribution in [2.45, 2.75) is 12.2 Å². The molecule has 0 aromatic carbocycles. The van der Waals surface area contributed by atoms with Gasteiger partial charge >= 0.3 is 0 Å². The fraction of sp³-hybridized carbons (Fsp3) is 0.222. The van der Waals surface area contributed by atoms with Gasteiger partial charge in [0, 0.05) is 4.88 Å². The van der Waals surface area contributed by atoms with E-state index in [0.717, 1.165) is 15.5 Å². The summed E-state index contributed by atoms with van der Waals surface area (Å²) < 4.78 is 6.09. The number of ether oxygens (including phenoxy) is 1. The molecule has 2 rings (SSSR count). The van der Waals surface area contributed by atoms with E-state index in [4.69, 9.17) is 16.3 Å². The third-order valence-corrected chi connectivity index (χ3v) is 3.07. The first-order valence-corrected chi connectivity index (χ1v) is 5.03. The Labute approximate surface area is 84.8 Å². The van der Waals surface area contributed by atoms with E-state index in [1.165, 1.54) is 17.4 Å². The highest BCUT2D eigenvalue weighted by Gasteiger charge is 2.38. The number of thiophene rings is 1. The highest BCUT2D eigenvalue weighted by molar-refractivity contribution is 7.16. The van der Waals surface area contributed by atoms with Crippen LogP contribution in [0.5, 0.6) is 0 Å². The molecule has 4 heteroatoms. The van der Waals surface area contributed by atoms with Gasteiger partial charge in [0.05, 0.1) is 4.34 Å². The predicted octanol–water partition coefficient (Wildman–Crippen LogP) is 2.60. The van der Waals surface area contributed by atoms with E-state index in [1.807, 2.05) is 12.1 Å². The molecule has 2 unspecified atom stereocenters. The van der Waals surface area contributed by atoms with Crippen LogP contribution in [0.3, 0.4) is 0 Å². The number of epoxide rings is 1. The highest BCUT2D eigenvalue weighted by atomic mass is 35.5. The van der Waals surface area contributed by atoms with Crippen LogP contribution in [0.15, 0.2) is 24.3 Å². The Morgan fingerprint density at radius 2 is 2.38 bits per heavy atom. The van der Waals surface area contributed by atoms with E-state index < -0.39 is 0 Å². The zero-order valence-corrected chi connectivity index (χ0v) is 8.22. The topological polar surface area (TPSA) is 29.6 Å². The summed E-state index contributed by atoms with van der Waals surface area (Å²) in [5.74, 6) is 0. The monoisotopic (exact) mass is 214 g/mol. The van der Waals surface area contributed by atoms with E-state index in [2.05, 4.69) is 0 Å². The van der Waals surface area contributed by atoms with Crippen molar-refractivity contribution in [1.29, 1.82) is 0 Å². The molecular weight excluding hydrogens is 208 g/mol. The molecule has 0 saturated carbocycles. The maximum Gasteiger partial charge on any atom is 0.142 e. The molecule has 13 heavy (non-hydrogen) atoms. The Balaban J connectivity index is 1.99. The molecule has 1 aromatic rings. The van der Waals surface area contributed by atoms with Crippen LogP contribution in [0.4, 0.5) is 0 Å². The van der Waals surface area contributed by atoms with E-state index in [0.29, 0.717) is 0 Å².